The van der Waals surface area contributed by atoms with E-state index in [9.17, 15) is 9.59 Å². The van der Waals surface area contributed by atoms with Crippen molar-refractivity contribution >= 4 is 12.2 Å². The Kier molecular flexibility index (Phi) is 5.21. The molecule has 0 spiro atoms. The summed E-state index contributed by atoms with van der Waals surface area (Å²) in [5.74, 6) is 5.23. The molecule has 0 saturated heterocycles. The van der Waals surface area contributed by atoms with Gasteiger partial charge in [0.2, 0.25) is 12.2 Å². The molecule has 0 amide bonds. The summed E-state index contributed by atoms with van der Waals surface area (Å²) in [5.41, 5.74) is 0. The van der Waals surface area contributed by atoms with Gasteiger partial charge in [0.05, 0.1) is 0 Å². The highest BCUT2D eigenvalue weighted by Crippen LogP contribution is 1.87. The fourth-order valence-corrected chi connectivity index (χ4v) is 0.464. The number of rotatable bonds is 2. The van der Waals surface area contributed by atoms with Crippen molar-refractivity contribution in [1.29, 1.82) is 0 Å². The van der Waals surface area contributed by atoms with Crippen molar-refractivity contribution in [2.75, 3.05) is 0 Å². The van der Waals surface area contributed by atoms with Gasteiger partial charge < -0.3 is 0 Å². The third-order valence-corrected chi connectivity index (χ3v) is 0.994. The van der Waals surface area contributed by atoms with Crippen LogP contribution in [0.4, 0.5) is 0 Å². The van der Waals surface area contributed by atoms with Crippen LogP contribution in [0.1, 0.15) is 13.8 Å². The molecule has 0 bridgehead atoms. The predicted molar refractivity (Wildman–Crippen MR) is 42.9 cm³/mol. The second-order valence-corrected chi connectivity index (χ2v) is 2.08. The van der Waals surface area contributed by atoms with Crippen LogP contribution in [0.5, 0.6) is 0 Å². The number of carbonyl (C=O) groups excluding carboxylic acids is 2. The van der Waals surface area contributed by atoms with E-state index in [1.54, 1.807) is 13.8 Å². The largest absolute Gasteiger partial charge is 0.236 e. The summed E-state index contributed by atoms with van der Waals surface area (Å²) in [5, 5.41) is 0. The molecule has 2 atom stereocenters. The van der Waals surface area contributed by atoms with Crippen molar-refractivity contribution in [1.82, 2.24) is 0 Å². The molecule has 0 N–H and O–H groups in total. The lowest BCUT2D eigenvalue weighted by atomic mass is 10.3. The Balaban J connectivity index is 4.19. The summed E-state index contributed by atoms with van der Waals surface area (Å²) in [6.07, 6.45) is 2.78. The topological polar surface area (TPSA) is 58.9 Å². The second kappa shape index (κ2) is 6.06. The third kappa shape index (κ3) is 5.13. The van der Waals surface area contributed by atoms with Crippen LogP contribution in [0, 0.1) is 11.8 Å². The van der Waals surface area contributed by atoms with Crippen molar-refractivity contribution in [2.45, 2.75) is 25.9 Å². The Morgan fingerprint density at radius 3 is 1.50 bits per heavy atom. The van der Waals surface area contributed by atoms with Gasteiger partial charge in [0, 0.05) is 0 Å². The molecule has 0 aliphatic rings. The van der Waals surface area contributed by atoms with Gasteiger partial charge in [0.1, 0.15) is 12.1 Å². The third-order valence-electron chi connectivity index (χ3n) is 0.994. The Bertz CT molecular complexity index is 260. The summed E-state index contributed by atoms with van der Waals surface area (Å²) in [6.45, 7) is 3.30. The lowest BCUT2D eigenvalue weighted by molar-refractivity contribution is 0.561. The zero-order valence-electron chi connectivity index (χ0n) is 6.87. The van der Waals surface area contributed by atoms with E-state index in [4.69, 9.17) is 0 Å². The van der Waals surface area contributed by atoms with E-state index in [-0.39, 0.29) is 0 Å². The summed E-state index contributed by atoms with van der Waals surface area (Å²) in [7, 11) is 0. The van der Waals surface area contributed by atoms with Crippen LogP contribution in [-0.2, 0) is 9.59 Å². The van der Waals surface area contributed by atoms with E-state index in [0.29, 0.717) is 0 Å². The van der Waals surface area contributed by atoms with Crippen LogP contribution in [0.25, 0.3) is 0 Å². The average molecular weight is 164 g/mol. The molecule has 0 rings (SSSR count). The molecule has 0 aliphatic heterocycles. The minimum atomic E-state index is -0.396. The highest BCUT2D eigenvalue weighted by atomic mass is 16.1. The van der Waals surface area contributed by atoms with E-state index in [1.165, 1.54) is 12.2 Å². The molecule has 12 heavy (non-hydrogen) atoms. The second-order valence-electron chi connectivity index (χ2n) is 2.08. The van der Waals surface area contributed by atoms with Gasteiger partial charge in [-0.1, -0.05) is 11.8 Å². The summed E-state index contributed by atoms with van der Waals surface area (Å²) < 4.78 is 0. The lowest BCUT2D eigenvalue weighted by Crippen LogP contribution is -1.96. The van der Waals surface area contributed by atoms with Crippen molar-refractivity contribution < 1.29 is 9.59 Å². The van der Waals surface area contributed by atoms with E-state index in [1.807, 2.05) is 0 Å². The smallest absolute Gasteiger partial charge is 0.211 e. The van der Waals surface area contributed by atoms with E-state index in [0.717, 1.165) is 0 Å². The first-order valence-electron chi connectivity index (χ1n) is 3.35. The quantitative estimate of drug-likeness (QED) is 0.337. The zero-order chi connectivity index (χ0) is 9.40. The van der Waals surface area contributed by atoms with Crippen molar-refractivity contribution in [3.63, 3.8) is 0 Å². The Morgan fingerprint density at radius 2 is 1.25 bits per heavy atom. The molecule has 0 aliphatic carbocycles. The molecule has 4 heteroatoms. The Hall–Kier alpha value is -1.68. The Labute approximate surface area is 70.4 Å². The highest BCUT2D eigenvalue weighted by molar-refractivity contribution is 5.36. The molecule has 0 aromatic carbocycles. The molecular formula is C8H8N2O2. The standard InChI is InChI=1S/C8H8N2O2/c1-7(9-5-11)3-4-8(2)10-6-12/h7-8H,1-2H3. The maximum Gasteiger partial charge on any atom is 0.236 e. The molecule has 4 nitrogen and oxygen atoms in total. The number of hydrogen-bond donors (Lipinski definition) is 0. The summed E-state index contributed by atoms with van der Waals surface area (Å²) in [6, 6.07) is -0.793. The Morgan fingerprint density at radius 1 is 0.917 bits per heavy atom. The maximum absolute atomic E-state index is 9.74. The van der Waals surface area contributed by atoms with Crippen LogP contribution >= 0.6 is 0 Å². The minimum Gasteiger partial charge on any atom is -0.211 e. The van der Waals surface area contributed by atoms with Crippen LogP contribution in [-0.4, -0.2) is 24.2 Å². The van der Waals surface area contributed by atoms with Crippen LogP contribution in [0.15, 0.2) is 9.98 Å². The normalized spacial score (nSPS) is 12.5. The molecule has 62 valence electrons. The average Bonchev–Trinajstić information content (AvgIpc) is 2.02. The van der Waals surface area contributed by atoms with Crippen molar-refractivity contribution in [3.05, 3.63) is 0 Å². The molecular weight excluding hydrogens is 156 g/mol. The monoisotopic (exact) mass is 164 g/mol. The van der Waals surface area contributed by atoms with Crippen LogP contribution in [0.3, 0.4) is 0 Å². The van der Waals surface area contributed by atoms with E-state index < -0.39 is 12.1 Å². The number of hydrogen-bond acceptors (Lipinski definition) is 4. The molecule has 0 fully saturated rings. The predicted octanol–water partition coefficient (Wildman–Crippen LogP) is 0.438. The fraction of sp³-hybridized carbons (Fsp3) is 0.500. The van der Waals surface area contributed by atoms with Crippen molar-refractivity contribution in [3.8, 4) is 11.8 Å². The van der Waals surface area contributed by atoms with E-state index >= 15 is 0 Å². The van der Waals surface area contributed by atoms with Gasteiger partial charge in [0.15, 0.2) is 0 Å². The minimum absolute atomic E-state index is 0.396. The first-order valence-corrected chi connectivity index (χ1v) is 3.35. The zero-order valence-corrected chi connectivity index (χ0v) is 6.87. The molecule has 0 saturated carbocycles. The molecule has 0 radical (unpaired) electrons. The fourth-order valence-electron chi connectivity index (χ4n) is 0.464. The van der Waals surface area contributed by atoms with Gasteiger partial charge in [-0.2, -0.15) is 9.98 Å². The number of isocyanates is 2. The molecule has 2 unspecified atom stereocenters. The number of nitrogens with zero attached hydrogens (tertiary/aromatic N) is 2. The van der Waals surface area contributed by atoms with Crippen LogP contribution < -0.4 is 0 Å². The van der Waals surface area contributed by atoms with Gasteiger partial charge in [-0.3, -0.25) is 0 Å². The maximum atomic E-state index is 9.74. The van der Waals surface area contributed by atoms with Gasteiger partial charge in [0.25, 0.3) is 0 Å². The van der Waals surface area contributed by atoms with E-state index in [2.05, 4.69) is 21.8 Å². The number of aliphatic imine (C=N–C) groups is 2. The van der Waals surface area contributed by atoms with Gasteiger partial charge >= 0.3 is 0 Å². The molecule has 0 aromatic heterocycles. The van der Waals surface area contributed by atoms with Gasteiger partial charge in [-0.25, -0.2) is 9.59 Å². The SMILES string of the molecule is CC(C#CC(C)N=C=O)N=C=O. The lowest BCUT2D eigenvalue weighted by Gasteiger charge is -1.90. The van der Waals surface area contributed by atoms with Gasteiger partial charge in [-0.15, -0.1) is 0 Å². The van der Waals surface area contributed by atoms with Gasteiger partial charge in [-0.05, 0) is 13.8 Å². The first kappa shape index (κ1) is 10.3. The first-order chi connectivity index (χ1) is 5.70. The summed E-state index contributed by atoms with van der Waals surface area (Å²) in [4.78, 5) is 26.2. The highest BCUT2D eigenvalue weighted by Gasteiger charge is 1.92. The molecule has 0 heterocycles. The summed E-state index contributed by atoms with van der Waals surface area (Å²) >= 11 is 0. The van der Waals surface area contributed by atoms with Crippen molar-refractivity contribution in [2.24, 2.45) is 9.98 Å². The van der Waals surface area contributed by atoms with Crippen LogP contribution in [0.2, 0.25) is 0 Å². The molecule has 0 aromatic rings.